The van der Waals surface area contributed by atoms with E-state index in [-0.39, 0.29) is 12.4 Å². The third kappa shape index (κ3) is 7.63. The molecule has 4 heteroatoms. The molecule has 0 fully saturated rings. The number of hydrogen-bond donors (Lipinski definition) is 2. The van der Waals surface area contributed by atoms with Crippen molar-refractivity contribution in [3.8, 4) is 0 Å². The van der Waals surface area contributed by atoms with Gasteiger partial charge < -0.3 is 5.32 Å². The standard InChI is InChI=1S/C6H13N3.ClH/c1-6(8-2)3-4-9-5-7;/h6-8H,3-4H2,1-2H3;1H. The Kier molecular flexibility index (Phi) is 10.6. The molecule has 0 amide bonds. The van der Waals surface area contributed by atoms with Gasteiger partial charge in [0.2, 0.25) is 0 Å². The van der Waals surface area contributed by atoms with Crippen molar-refractivity contribution in [2.75, 3.05) is 13.6 Å². The van der Waals surface area contributed by atoms with Crippen LogP contribution < -0.4 is 5.32 Å². The Morgan fingerprint density at radius 1 is 1.70 bits per heavy atom. The van der Waals surface area contributed by atoms with E-state index in [2.05, 4.69) is 17.2 Å². The molecule has 0 saturated carbocycles. The van der Waals surface area contributed by atoms with E-state index in [9.17, 15) is 0 Å². The van der Waals surface area contributed by atoms with Gasteiger partial charge in [-0.1, -0.05) is 0 Å². The molecule has 3 nitrogen and oxygen atoms in total. The summed E-state index contributed by atoms with van der Waals surface area (Å²) in [5.41, 5.74) is 0. The summed E-state index contributed by atoms with van der Waals surface area (Å²) in [6, 6.07) is 2.48. The molecule has 2 N–H and O–H groups in total. The third-order valence-corrected chi connectivity index (χ3v) is 1.25. The van der Waals surface area contributed by atoms with E-state index in [4.69, 9.17) is 5.41 Å². The fourth-order valence-corrected chi connectivity index (χ4v) is 0.458. The van der Waals surface area contributed by atoms with Gasteiger partial charge in [0.1, 0.15) is 0 Å². The second-order valence-corrected chi connectivity index (χ2v) is 1.97. The predicted octanol–water partition coefficient (Wildman–Crippen LogP) is 1.16. The zero-order valence-electron chi connectivity index (χ0n) is 6.35. The lowest BCUT2D eigenvalue weighted by Gasteiger charge is -2.05. The molecule has 1 unspecified atom stereocenters. The number of halogens is 1. The van der Waals surface area contributed by atoms with E-state index in [0.717, 1.165) is 6.42 Å². The van der Waals surface area contributed by atoms with E-state index in [1.54, 1.807) is 0 Å². The summed E-state index contributed by atoms with van der Waals surface area (Å²) in [6.07, 6.45) is 0.975. The molecule has 0 aromatic carbocycles. The topological polar surface area (TPSA) is 48.2 Å². The average molecular weight is 164 g/mol. The predicted molar refractivity (Wildman–Crippen MR) is 45.4 cm³/mol. The van der Waals surface area contributed by atoms with Crippen LogP contribution in [-0.4, -0.2) is 25.6 Å². The largest absolute Gasteiger partial charge is 0.317 e. The van der Waals surface area contributed by atoms with Crippen LogP contribution in [0, 0.1) is 5.41 Å². The van der Waals surface area contributed by atoms with E-state index < -0.39 is 0 Å². The van der Waals surface area contributed by atoms with Gasteiger partial charge in [-0.05, 0) is 20.4 Å². The first-order valence-corrected chi connectivity index (χ1v) is 3.06. The van der Waals surface area contributed by atoms with Gasteiger partial charge >= 0.3 is 0 Å². The monoisotopic (exact) mass is 163 g/mol. The minimum atomic E-state index is 0. The highest BCUT2D eigenvalue weighted by atomic mass is 35.5. The summed E-state index contributed by atoms with van der Waals surface area (Å²) >= 11 is 0. The van der Waals surface area contributed by atoms with Crippen molar-refractivity contribution >= 4 is 18.4 Å². The molecule has 0 aliphatic rings. The van der Waals surface area contributed by atoms with Crippen molar-refractivity contribution < 1.29 is 0 Å². The Labute approximate surface area is 67.8 Å². The van der Waals surface area contributed by atoms with Crippen molar-refractivity contribution in [1.82, 2.24) is 5.32 Å². The van der Waals surface area contributed by atoms with Crippen molar-refractivity contribution in [2.24, 2.45) is 4.99 Å². The number of nitrogens with one attached hydrogen (secondary N) is 2. The van der Waals surface area contributed by atoms with Gasteiger partial charge in [-0.15, -0.1) is 12.4 Å². The number of hydrogen-bond acceptors (Lipinski definition) is 3. The lowest BCUT2D eigenvalue weighted by atomic mass is 10.2. The minimum absolute atomic E-state index is 0. The smallest absolute Gasteiger partial charge is 0.0861 e. The summed E-state index contributed by atoms with van der Waals surface area (Å²) < 4.78 is 0. The molecular weight excluding hydrogens is 150 g/mol. The number of rotatable bonds is 4. The van der Waals surface area contributed by atoms with E-state index in [1.807, 2.05) is 13.1 Å². The van der Waals surface area contributed by atoms with Gasteiger partial charge in [-0.2, -0.15) is 0 Å². The lowest BCUT2D eigenvalue weighted by Crippen LogP contribution is -2.21. The summed E-state index contributed by atoms with van der Waals surface area (Å²) in [5.74, 6) is 0. The average Bonchev–Trinajstić information content (AvgIpc) is 1.89. The number of nitrogens with zero attached hydrogens (tertiary/aromatic N) is 1. The van der Waals surface area contributed by atoms with Crippen LogP contribution in [0.4, 0.5) is 0 Å². The van der Waals surface area contributed by atoms with Crippen LogP contribution in [0.3, 0.4) is 0 Å². The summed E-state index contributed by atoms with van der Waals surface area (Å²) in [4.78, 5) is 3.64. The Hall–Kier alpha value is -0.370. The molecule has 0 saturated heterocycles. The maximum absolute atomic E-state index is 6.47. The Morgan fingerprint density at radius 2 is 2.30 bits per heavy atom. The van der Waals surface area contributed by atoms with Gasteiger partial charge in [0.25, 0.3) is 0 Å². The molecule has 1 atom stereocenters. The first kappa shape index (κ1) is 12.3. The summed E-state index contributed by atoms with van der Waals surface area (Å²) in [5, 5.41) is 9.54. The van der Waals surface area contributed by atoms with Crippen LogP contribution in [-0.2, 0) is 0 Å². The quantitative estimate of drug-likeness (QED) is 0.601. The van der Waals surface area contributed by atoms with Crippen LogP contribution >= 0.6 is 12.4 Å². The minimum Gasteiger partial charge on any atom is -0.317 e. The van der Waals surface area contributed by atoms with Crippen LogP contribution in [0.25, 0.3) is 0 Å². The fourth-order valence-electron chi connectivity index (χ4n) is 0.458. The fraction of sp³-hybridized carbons (Fsp3) is 0.833. The van der Waals surface area contributed by atoms with Gasteiger partial charge in [0.15, 0.2) is 0 Å². The van der Waals surface area contributed by atoms with Crippen LogP contribution in [0.1, 0.15) is 13.3 Å². The van der Waals surface area contributed by atoms with E-state index >= 15 is 0 Å². The molecule has 60 valence electrons. The second-order valence-electron chi connectivity index (χ2n) is 1.97. The zero-order chi connectivity index (χ0) is 7.11. The van der Waals surface area contributed by atoms with Gasteiger partial charge in [0.05, 0.1) is 12.6 Å². The van der Waals surface area contributed by atoms with Crippen molar-refractivity contribution in [3.05, 3.63) is 0 Å². The molecule has 0 radical (unpaired) electrons. The van der Waals surface area contributed by atoms with Crippen molar-refractivity contribution in [3.63, 3.8) is 0 Å². The molecule has 0 aromatic rings. The molecule has 0 aliphatic heterocycles. The molecule has 0 heterocycles. The molecule has 0 rings (SSSR count). The van der Waals surface area contributed by atoms with Crippen molar-refractivity contribution in [2.45, 2.75) is 19.4 Å². The SMILES string of the molecule is CNC(C)CCN=C=N.Cl. The highest BCUT2D eigenvalue weighted by Gasteiger charge is 1.93. The molecule has 0 aliphatic carbocycles. The first-order valence-electron chi connectivity index (χ1n) is 3.06. The first-order chi connectivity index (χ1) is 4.31. The Morgan fingerprint density at radius 3 is 2.70 bits per heavy atom. The van der Waals surface area contributed by atoms with Crippen LogP contribution in [0.5, 0.6) is 0 Å². The highest BCUT2D eigenvalue weighted by Crippen LogP contribution is 1.87. The summed E-state index contributed by atoms with van der Waals surface area (Å²) in [7, 11) is 1.92. The maximum atomic E-state index is 6.47. The van der Waals surface area contributed by atoms with Crippen LogP contribution in [0.2, 0.25) is 0 Å². The van der Waals surface area contributed by atoms with Crippen LogP contribution in [0.15, 0.2) is 4.99 Å². The zero-order valence-corrected chi connectivity index (χ0v) is 7.16. The lowest BCUT2D eigenvalue weighted by molar-refractivity contribution is 0.573. The molecule has 0 spiro atoms. The normalized spacial score (nSPS) is 11.0. The van der Waals surface area contributed by atoms with Gasteiger partial charge in [-0.25, -0.2) is 10.4 Å². The van der Waals surface area contributed by atoms with Gasteiger partial charge in [0, 0.05) is 6.04 Å². The highest BCUT2D eigenvalue weighted by molar-refractivity contribution is 5.85. The summed E-state index contributed by atoms with van der Waals surface area (Å²) in [6.45, 7) is 2.78. The second kappa shape index (κ2) is 8.63. The van der Waals surface area contributed by atoms with E-state index in [0.29, 0.717) is 12.6 Å². The maximum Gasteiger partial charge on any atom is 0.0861 e. The van der Waals surface area contributed by atoms with Crippen molar-refractivity contribution in [1.29, 1.82) is 5.41 Å². The van der Waals surface area contributed by atoms with Gasteiger partial charge in [-0.3, -0.25) is 0 Å². The number of aliphatic imine (C=N–C) groups is 1. The Balaban J connectivity index is 0. The molecular formula is C6H14ClN3. The molecule has 0 bridgehead atoms. The van der Waals surface area contributed by atoms with E-state index in [1.165, 1.54) is 0 Å². The molecule has 10 heavy (non-hydrogen) atoms. The Bertz CT molecular complexity index is 110. The third-order valence-electron chi connectivity index (χ3n) is 1.25. The molecule has 0 aromatic heterocycles.